The van der Waals surface area contributed by atoms with Gasteiger partial charge in [-0.1, -0.05) is 0 Å². The molecule has 0 spiro atoms. The van der Waals surface area contributed by atoms with E-state index in [1.807, 2.05) is 0 Å². The number of rotatable bonds is 2. The van der Waals surface area contributed by atoms with Crippen molar-refractivity contribution in [1.29, 1.82) is 0 Å². The molecule has 0 unspecified atom stereocenters. The van der Waals surface area contributed by atoms with Gasteiger partial charge < -0.3 is 9.47 Å². The molecule has 0 amide bonds. The lowest BCUT2D eigenvalue weighted by molar-refractivity contribution is -0.384. The number of hydrogen-bond acceptors (Lipinski definition) is 5. The van der Waals surface area contributed by atoms with Crippen LogP contribution in [0.3, 0.4) is 0 Å². The molecule has 1 aromatic rings. The summed E-state index contributed by atoms with van der Waals surface area (Å²) in [6, 6.07) is 4.23. The Morgan fingerprint density at radius 2 is 2.29 bits per heavy atom. The molecule has 0 aliphatic carbocycles. The van der Waals surface area contributed by atoms with Crippen LogP contribution in [0.4, 0.5) is 5.69 Å². The van der Waals surface area contributed by atoms with Crippen molar-refractivity contribution < 1.29 is 19.2 Å². The molecule has 1 heterocycles. The monoisotopic (exact) mass is 235 g/mol. The number of carbonyl (C=O) groups is 1. The molecule has 0 saturated carbocycles. The van der Waals surface area contributed by atoms with E-state index in [1.54, 1.807) is 0 Å². The largest absolute Gasteiger partial charge is 0.488 e. The number of carbonyl (C=O) groups excluding carboxylic acids is 1. The molecule has 1 aliphatic heterocycles. The van der Waals surface area contributed by atoms with Crippen LogP contribution in [-0.2, 0) is 9.53 Å². The highest BCUT2D eigenvalue weighted by atomic mass is 16.6. The van der Waals surface area contributed by atoms with Crippen LogP contribution in [0.25, 0.3) is 6.08 Å². The summed E-state index contributed by atoms with van der Waals surface area (Å²) in [7, 11) is 1.27. The van der Waals surface area contributed by atoms with E-state index in [2.05, 4.69) is 4.74 Å². The highest BCUT2D eigenvalue weighted by Gasteiger charge is 2.19. The van der Waals surface area contributed by atoms with E-state index in [0.29, 0.717) is 16.9 Å². The first kappa shape index (κ1) is 11.1. The van der Waals surface area contributed by atoms with Crippen LogP contribution >= 0.6 is 0 Å². The Bertz CT molecular complexity index is 521. The van der Waals surface area contributed by atoms with Crippen LogP contribution in [0, 0.1) is 10.1 Å². The fourth-order valence-corrected chi connectivity index (χ4v) is 1.53. The van der Waals surface area contributed by atoms with E-state index < -0.39 is 10.9 Å². The summed E-state index contributed by atoms with van der Waals surface area (Å²) in [5.74, 6) is 0.0189. The Hall–Kier alpha value is -2.37. The highest BCUT2D eigenvalue weighted by molar-refractivity contribution is 5.95. The molecule has 1 aliphatic rings. The molecule has 17 heavy (non-hydrogen) atoms. The van der Waals surface area contributed by atoms with Crippen molar-refractivity contribution in [2.24, 2.45) is 0 Å². The minimum Gasteiger partial charge on any atom is -0.488 e. The molecule has 0 fully saturated rings. The minimum atomic E-state index is -0.499. The van der Waals surface area contributed by atoms with Crippen molar-refractivity contribution in [2.75, 3.05) is 13.7 Å². The number of ether oxygens (including phenoxy) is 2. The molecule has 0 radical (unpaired) electrons. The summed E-state index contributed by atoms with van der Waals surface area (Å²) >= 11 is 0. The first-order valence-electron chi connectivity index (χ1n) is 4.82. The Kier molecular flexibility index (Phi) is 2.78. The quantitative estimate of drug-likeness (QED) is 0.441. The second-order valence-corrected chi connectivity index (χ2v) is 3.43. The second kappa shape index (κ2) is 4.25. The van der Waals surface area contributed by atoms with Gasteiger partial charge in [0.1, 0.15) is 12.4 Å². The van der Waals surface area contributed by atoms with Gasteiger partial charge in [-0.25, -0.2) is 4.79 Å². The number of fused-ring (bicyclic) bond motifs is 1. The van der Waals surface area contributed by atoms with Crippen molar-refractivity contribution in [3.63, 3.8) is 0 Å². The van der Waals surface area contributed by atoms with Crippen molar-refractivity contribution in [3.8, 4) is 5.75 Å². The van der Waals surface area contributed by atoms with Gasteiger partial charge in [-0.2, -0.15) is 0 Å². The van der Waals surface area contributed by atoms with E-state index in [0.717, 1.165) is 0 Å². The fourth-order valence-electron chi connectivity index (χ4n) is 1.53. The van der Waals surface area contributed by atoms with Crippen LogP contribution in [0.5, 0.6) is 5.75 Å². The van der Waals surface area contributed by atoms with Gasteiger partial charge >= 0.3 is 5.97 Å². The fraction of sp³-hybridized carbons (Fsp3) is 0.182. The number of esters is 1. The molecule has 6 nitrogen and oxygen atoms in total. The number of hydrogen-bond donors (Lipinski definition) is 0. The molecule has 88 valence electrons. The summed E-state index contributed by atoms with van der Waals surface area (Å²) in [5.41, 5.74) is 0.793. The zero-order chi connectivity index (χ0) is 12.4. The Labute approximate surface area is 96.6 Å². The molecule has 0 bridgehead atoms. The second-order valence-electron chi connectivity index (χ2n) is 3.43. The molecule has 0 aromatic heterocycles. The average Bonchev–Trinajstić information content (AvgIpc) is 2.36. The van der Waals surface area contributed by atoms with Crippen LogP contribution < -0.4 is 4.74 Å². The van der Waals surface area contributed by atoms with Gasteiger partial charge in [0.15, 0.2) is 0 Å². The summed E-state index contributed by atoms with van der Waals surface area (Å²) in [4.78, 5) is 21.4. The Morgan fingerprint density at radius 1 is 1.53 bits per heavy atom. The van der Waals surface area contributed by atoms with Gasteiger partial charge in [-0.05, 0) is 12.1 Å². The maximum atomic E-state index is 11.3. The van der Waals surface area contributed by atoms with E-state index in [1.165, 1.54) is 31.4 Å². The summed E-state index contributed by atoms with van der Waals surface area (Å²) in [6.07, 6.45) is 1.54. The first-order chi connectivity index (χ1) is 8.11. The van der Waals surface area contributed by atoms with Gasteiger partial charge in [-0.3, -0.25) is 10.1 Å². The predicted octanol–water partition coefficient (Wildman–Crippen LogP) is 1.54. The van der Waals surface area contributed by atoms with Crippen LogP contribution in [0.2, 0.25) is 0 Å². The summed E-state index contributed by atoms with van der Waals surface area (Å²) < 4.78 is 9.86. The number of benzene rings is 1. The molecule has 0 N–H and O–H groups in total. The van der Waals surface area contributed by atoms with Crippen molar-refractivity contribution in [2.45, 2.75) is 0 Å². The van der Waals surface area contributed by atoms with Crippen LogP contribution in [0.15, 0.2) is 23.8 Å². The van der Waals surface area contributed by atoms with Crippen LogP contribution in [-0.4, -0.2) is 24.6 Å². The number of nitro groups is 1. The first-order valence-corrected chi connectivity index (χ1v) is 4.82. The predicted molar refractivity (Wildman–Crippen MR) is 58.6 cm³/mol. The third-order valence-corrected chi connectivity index (χ3v) is 2.36. The normalized spacial score (nSPS) is 13.1. The highest BCUT2D eigenvalue weighted by Crippen LogP contribution is 2.29. The number of nitrogens with zero attached hydrogens (tertiary/aromatic N) is 1. The number of non-ortho nitro benzene ring substituents is 1. The Balaban J connectivity index is 2.42. The SMILES string of the molecule is COC(=O)C1=Cc2cc([N+](=O)[O-])ccc2OC1. The lowest BCUT2D eigenvalue weighted by Gasteiger charge is -2.16. The van der Waals surface area contributed by atoms with E-state index >= 15 is 0 Å². The van der Waals surface area contributed by atoms with Crippen molar-refractivity contribution in [1.82, 2.24) is 0 Å². The number of methoxy groups -OCH3 is 1. The van der Waals surface area contributed by atoms with E-state index in [9.17, 15) is 14.9 Å². The van der Waals surface area contributed by atoms with Gasteiger partial charge in [0, 0.05) is 17.7 Å². The molecular formula is C11H9NO5. The van der Waals surface area contributed by atoms with Gasteiger partial charge in [-0.15, -0.1) is 0 Å². The average molecular weight is 235 g/mol. The van der Waals surface area contributed by atoms with Crippen LogP contribution in [0.1, 0.15) is 5.56 Å². The lowest BCUT2D eigenvalue weighted by Crippen LogP contribution is -2.15. The molecule has 6 heteroatoms. The Morgan fingerprint density at radius 3 is 2.94 bits per heavy atom. The third-order valence-electron chi connectivity index (χ3n) is 2.36. The van der Waals surface area contributed by atoms with Gasteiger partial charge in [0.25, 0.3) is 5.69 Å². The minimum absolute atomic E-state index is 0.0466. The van der Waals surface area contributed by atoms with E-state index in [-0.39, 0.29) is 12.3 Å². The molecular weight excluding hydrogens is 226 g/mol. The van der Waals surface area contributed by atoms with Crippen molar-refractivity contribution >= 4 is 17.7 Å². The van der Waals surface area contributed by atoms with Gasteiger partial charge in [0.05, 0.1) is 17.6 Å². The topological polar surface area (TPSA) is 78.7 Å². The standard InChI is InChI=1S/C11H9NO5/c1-16-11(13)8-4-7-5-9(12(14)15)2-3-10(7)17-6-8/h2-5H,6H2,1H3. The third kappa shape index (κ3) is 2.10. The summed E-state index contributed by atoms with van der Waals surface area (Å²) in [6.45, 7) is 0.109. The zero-order valence-electron chi connectivity index (χ0n) is 9.00. The van der Waals surface area contributed by atoms with Gasteiger partial charge in [0.2, 0.25) is 0 Å². The molecule has 0 saturated heterocycles. The molecule has 0 atom stereocenters. The number of nitro benzene ring substituents is 1. The maximum absolute atomic E-state index is 11.3. The maximum Gasteiger partial charge on any atom is 0.337 e. The smallest absolute Gasteiger partial charge is 0.337 e. The molecule has 2 rings (SSSR count). The summed E-state index contributed by atoms with van der Waals surface area (Å²) in [5, 5.41) is 10.6. The lowest BCUT2D eigenvalue weighted by atomic mass is 10.1. The zero-order valence-corrected chi connectivity index (χ0v) is 9.00. The molecule has 1 aromatic carbocycles. The van der Waals surface area contributed by atoms with Crippen molar-refractivity contribution in [3.05, 3.63) is 39.4 Å². The van der Waals surface area contributed by atoms with E-state index in [4.69, 9.17) is 4.74 Å².